The van der Waals surface area contributed by atoms with E-state index in [9.17, 15) is 35.6 Å². The van der Waals surface area contributed by atoms with Gasteiger partial charge in [0.05, 0.1) is 49.1 Å². The maximum Gasteiger partial charge on any atom is 1.00 e. The number of ether oxygens (including phenoxy) is 3. The summed E-state index contributed by atoms with van der Waals surface area (Å²) in [4.78, 5) is 58.1. The van der Waals surface area contributed by atoms with E-state index >= 15 is 4.39 Å². The third kappa shape index (κ3) is 15.0. The minimum absolute atomic E-state index is 0. The molecule has 0 amide bonds. The molecule has 12 aliphatic rings. The van der Waals surface area contributed by atoms with Crippen molar-refractivity contribution in [2.45, 2.75) is 217 Å². The van der Waals surface area contributed by atoms with Gasteiger partial charge in [0.15, 0.2) is 31.2 Å². The number of sulfone groups is 2. The quantitative estimate of drug-likeness (QED) is 0.0901. The number of aryl methyl sites for hydroxylation is 1. The number of allylic oxidation sites excluding steroid dienone is 4. The van der Waals surface area contributed by atoms with Crippen LogP contribution < -0.4 is 44.9 Å². The van der Waals surface area contributed by atoms with E-state index in [4.69, 9.17) is 23.8 Å². The number of hydrogen-bond acceptors (Lipinski definition) is 17. The molecule has 109 heavy (non-hydrogen) atoms. The summed E-state index contributed by atoms with van der Waals surface area (Å²) in [6.45, 7) is 37.4. The summed E-state index contributed by atoms with van der Waals surface area (Å²) < 4.78 is 93.7. The van der Waals surface area contributed by atoms with E-state index in [0.29, 0.717) is 79.1 Å². The second-order valence-electron chi connectivity index (χ2n) is 38.6. The second kappa shape index (κ2) is 32.4. The predicted octanol–water partition coefficient (Wildman–Crippen LogP) is 11.7. The third-order valence-corrected chi connectivity index (χ3v) is 37.4. The van der Waals surface area contributed by atoms with Gasteiger partial charge in [0.2, 0.25) is 0 Å². The zero-order chi connectivity index (χ0) is 77.7. The van der Waals surface area contributed by atoms with Crippen LogP contribution in [0.5, 0.6) is 5.75 Å². The van der Waals surface area contributed by atoms with Gasteiger partial charge < -0.3 is 40.1 Å². The van der Waals surface area contributed by atoms with Gasteiger partial charge in [-0.1, -0.05) is 113 Å². The molecule has 3 N–H and O–H groups in total. The van der Waals surface area contributed by atoms with Gasteiger partial charge in [-0.2, -0.15) is 9.59 Å². The Hall–Kier alpha value is -3.73. The maximum atomic E-state index is 15.0. The topological polar surface area (TPSA) is 242 Å². The molecule has 14 rings (SSSR count). The smallest absolute Gasteiger partial charge is 0.870 e. The number of nitrogens with zero attached hydrogens (tertiary/aromatic N) is 2. The summed E-state index contributed by atoms with van der Waals surface area (Å²) in [6.07, 6.45) is 25.3. The predicted molar refractivity (Wildman–Crippen MR) is 415 cm³/mol. The first kappa shape index (κ1) is 87.7. The summed E-state index contributed by atoms with van der Waals surface area (Å²) in [5.41, 5.74) is 5.72. The largest absolute Gasteiger partial charge is 1.00 e. The normalized spacial score (nSPS) is 39.6. The zero-order valence-corrected chi connectivity index (χ0v) is 72.3. The molecular formula is C87H129F2N4NaO13S2. The molecule has 602 valence electrons. The average Bonchev–Trinajstić information content (AvgIpc) is 1.60. The van der Waals surface area contributed by atoms with Gasteiger partial charge >= 0.3 is 47.6 Å². The number of rotatable bonds is 16. The number of fused-ring (bicyclic) bond motifs is 14. The standard InChI is InChI=1S/C43H63FN2O6S.C43H65FN2O4S.CO2.Na.H2O/c1-28(38(48)51-7)30-12-17-43(45-20-21-46-22-24-53(49,50)25-23-46)19-18-41(5)32(37(30)43)9-11-36-40(4)15-13-31(29-8-10-34(52-27-47)33(44)26-29)39(2,3)35(40)14-16-42(36,41)6;1-28-9-10-30(27-34(28)44)32-14-16-40(5)35(39(32,3)4)15-17-42(7)36(40)12-11-33-37-31(29(2)38(47)50-8)13-18-43(37,20-19-41(33,42)6)45-21-22-46-23-25-51(48,49)26-24-46;2-1-3;;/h8,10,13,26-28,30,32,35-37,45H,9,11-12,14-25H2,1-7H3;9-10,14,27,29,31,33,35-37,45H,11-13,15-26H2,1-8H3;;;1H2/q;;;+1;/p-1/t28?,30-,32+,35-,36+,37+,40-,41+,42+,43-;29?,31-,33+,35-,36+,37+,40-,41+,42+,43-;;;/m00.../s1. The van der Waals surface area contributed by atoms with Crippen molar-refractivity contribution in [1.82, 2.24) is 20.4 Å². The van der Waals surface area contributed by atoms with Gasteiger partial charge in [0.25, 0.3) is 6.47 Å². The minimum Gasteiger partial charge on any atom is -0.870 e. The Morgan fingerprint density at radius 3 is 1.30 bits per heavy atom. The fraction of sp³-hybridized carbons (Fsp3) is 0.770. The Bertz CT molecular complexity index is 4010. The summed E-state index contributed by atoms with van der Waals surface area (Å²) in [5, 5.41) is 8.29. The molecule has 17 nitrogen and oxygen atoms in total. The van der Waals surface area contributed by atoms with E-state index < -0.39 is 25.5 Å². The van der Waals surface area contributed by atoms with E-state index in [1.807, 2.05) is 19.1 Å². The molecule has 10 fully saturated rings. The molecule has 2 aromatic rings. The average molecular weight is 1560 g/mol. The van der Waals surface area contributed by atoms with Crippen molar-refractivity contribution < 1.29 is 98.8 Å². The van der Waals surface area contributed by atoms with Crippen molar-refractivity contribution in [1.29, 1.82) is 0 Å². The zero-order valence-electron chi connectivity index (χ0n) is 68.7. The van der Waals surface area contributed by atoms with Crippen LogP contribution in [-0.4, -0.2) is 157 Å². The van der Waals surface area contributed by atoms with Crippen LogP contribution in [0.2, 0.25) is 0 Å². The molecule has 8 saturated carbocycles. The van der Waals surface area contributed by atoms with E-state index in [0.717, 1.165) is 114 Å². The van der Waals surface area contributed by atoms with Crippen molar-refractivity contribution >= 4 is 55.4 Å². The number of benzene rings is 2. The monoisotopic (exact) mass is 1560 g/mol. The van der Waals surface area contributed by atoms with Crippen LogP contribution in [0.1, 0.15) is 215 Å². The number of halogens is 2. The molecule has 0 radical (unpaired) electrons. The summed E-state index contributed by atoms with van der Waals surface area (Å²) >= 11 is 0. The molecule has 0 aromatic heterocycles. The third-order valence-electron chi connectivity index (χ3n) is 34.1. The SMILES string of the molecule is COC(=O)C(C)[C@@H]1CC[C@]2(NCCN3CCS(=O)(=O)CC3)CC[C@]3(C)[C@H](CC[C@@H]4[C@@]5(C)CC=C(c6ccc(C)c(F)c6)C(C)(C)[C@@H]5CC[C@]43C)[C@@H]12.COC(=O)C(C)[C@@H]1CC[C@]2(NCCN3CCS(=O)(=O)CC3)CC[C@]3(C)[C@H](CC[C@@H]4[C@@]5(C)CC=C(c6ccc(OC=O)c(F)c6)C(C)(C)[C@@H]5CC[C@]43C)[C@@H]12.O=C=O.[Na+].[OH-]. The summed E-state index contributed by atoms with van der Waals surface area (Å²) in [6, 6.07) is 10.8. The van der Waals surface area contributed by atoms with Gasteiger partial charge in [-0.15, -0.1) is 0 Å². The first-order valence-electron chi connectivity index (χ1n) is 40.9. The van der Waals surface area contributed by atoms with Crippen molar-refractivity contribution in [3.63, 3.8) is 0 Å². The summed E-state index contributed by atoms with van der Waals surface area (Å²) in [5.74, 6) is 4.33. The number of esters is 2. The van der Waals surface area contributed by atoms with E-state index in [1.54, 1.807) is 12.1 Å². The molecule has 2 aromatic carbocycles. The van der Waals surface area contributed by atoms with Gasteiger partial charge in [-0.05, 0) is 271 Å². The Morgan fingerprint density at radius 1 is 0.550 bits per heavy atom. The van der Waals surface area contributed by atoms with Gasteiger partial charge in [0, 0.05) is 63.4 Å². The fourth-order valence-electron chi connectivity index (χ4n) is 28.4. The van der Waals surface area contributed by atoms with Crippen LogP contribution in [0.3, 0.4) is 0 Å². The van der Waals surface area contributed by atoms with Crippen LogP contribution in [-0.2, 0) is 53.1 Å². The number of nitrogens with one attached hydrogen (secondary N) is 2. The molecule has 2 aliphatic heterocycles. The Morgan fingerprint density at radius 2 is 0.936 bits per heavy atom. The van der Waals surface area contributed by atoms with Crippen molar-refractivity contribution in [2.75, 3.05) is 89.6 Å². The van der Waals surface area contributed by atoms with Gasteiger partial charge in [0.1, 0.15) is 5.82 Å². The molecule has 20 atom stereocenters. The Kier molecular flexibility index (Phi) is 26.1. The second-order valence-corrected chi connectivity index (χ2v) is 43.2. The molecule has 0 bridgehead atoms. The van der Waals surface area contributed by atoms with Crippen molar-refractivity contribution in [3.05, 3.63) is 76.9 Å². The molecular weight excluding hydrogens is 1430 g/mol. The van der Waals surface area contributed by atoms with Gasteiger partial charge in [-0.25, -0.2) is 25.6 Å². The maximum absolute atomic E-state index is 15.0. The van der Waals surface area contributed by atoms with E-state index in [2.05, 4.69) is 122 Å². The van der Waals surface area contributed by atoms with Crippen molar-refractivity contribution in [3.8, 4) is 5.75 Å². The van der Waals surface area contributed by atoms with Crippen LogP contribution in [0, 0.1) is 133 Å². The van der Waals surface area contributed by atoms with E-state index in [-0.39, 0.29) is 172 Å². The first-order valence-corrected chi connectivity index (χ1v) is 44.5. The Balaban J connectivity index is 0.000000220. The van der Waals surface area contributed by atoms with Crippen LogP contribution in [0.15, 0.2) is 48.6 Å². The molecule has 2 heterocycles. The minimum atomic E-state index is -2.92. The Labute approximate surface area is 673 Å². The van der Waals surface area contributed by atoms with Crippen LogP contribution in [0.4, 0.5) is 8.78 Å². The van der Waals surface area contributed by atoms with Crippen LogP contribution in [0.25, 0.3) is 11.1 Å². The van der Waals surface area contributed by atoms with Gasteiger partial charge in [-0.3, -0.25) is 14.4 Å². The van der Waals surface area contributed by atoms with Crippen LogP contribution >= 0.6 is 0 Å². The number of carbonyl (C=O) groups excluding carboxylic acids is 5. The molecule has 0 spiro atoms. The van der Waals surface area contributed by atoms with Crippen molar-refractivity contribution in [2.24, 2.45) is 114 Å². The molecule has 2 unspecified atom stereocenters. The number of methoxy groups -OCH3 is 2. The molecule has 10 aliphatic carbocycles. The molecule has 22 heteroatoms. The number of hydrogen-bond donors (Lipinski definition) is 2. The summed E-state index contributed by atoms with van der Waals surface area (Å²) in [7, 11) is -2.76. The first-order chi connectivity index (χ1) is 50.3. The fourth-order valence-corrected chi connectivity index (χ4v) is 30.9. The molecule has 2 saturated heterocycles. The number of carbonyl (C=O) groups is 3. The van der Waals surface area contributed by atoms with E-state index in [1.165, 1.54) is 70.0 Å².